The molecule has 1 aromatic carbocycles. The van der Waals surface area contributed by atoms with E-state index in [1.54, 1.807) is 4.90 Å². The van der Waals surface area contributed by atoms with E-state index in [9.17, 15) is 18.4 Å². The smallest absolute Gasteiger partial charge is 0.227 e. The highest BCUT2D eigenvalue weighted by atomic mass is 19.1. The minimum absolute atomic E-state index is 0.0520. The van der Waals surface area contributed by atoms with E-state index < -0.39 is 23.5 Å². The van der Waals surface area contributed by atoms with Gasteiger partial charge in [0.15, 0.2) is 0 Å². The Morgan fingerprint density at radius 3 is 2.43 bits per heavy atom. The first-order valence-electron chi connectivity index (χ1n) is 7.47. The summed E-state index contributed by atoms with van der Waals surface area (Å²) in [5, 5.41) is 2.38. The van der Waals surface area contributed by atoms with E-state index in [2.05, 4.69) is 5.32 Å². The maximum atomic E-state index is 14.4. The average Bonchev–Trinajstić information content (AvgIpc) is 2.46. The number of rotatable bonds is 6. The van der Waals surface area contributed by atoms with E-state index in [1.165, 1.54) is 19.2 Å². The first kappa shape index (κ1) is 17.3. The summed E-state index contributed by atoms with van der Waals surface area (Å²) < 4.78 is 28.9. The van der Waals surface area contributed by atoms with Crippen LogP contribution in [0.1, 0.15) is 31.2 Å². The van der Waals surface area contributed by atoms with Crippen molar-refractivity contribution in [2.24, 2.45) is 5.73 Å². The van der Waals surface area contributed by atoms with Crippen LogP contribution in [0.15, 0.2) is 12.1 Å². The van der Waals surface area contributed by atoms with Gasteiger partial charge in [0.2, 0.25) is 5.91 Å². The number of carbonyl (C=O) groups is 2. The van der Waals surface area contributed by atoms with Gasteiger partial charge in [-0.25, -0.2) is 8.78 Å². The molecule has 7 heteroatoms. The topological polar surface area (TPSA) is 75.4 Å². The summed E-state index contributed by atoms with van der Waals surface area (Å²) in [4.78, 5) is 24.2. The quantitative estimate of drug-likeness (QED) is 0.773. The standard InChI is InChI=1S/C16H21F2N3O2/c1-16(19)8-21(9-16)10-6-12(17)14(13(18)7-10)11(4-3-5-22)15(23)20-2/h5-7,11H,3-4,8-9,19H2,1-2H3,(H,20,23). The molecule has 1 saturated heterocycles. The van der Waals surface area contributed by atoms with E-state index in [4.69, 9.17) is 5.73 Å². The molecule has 1 amide bonds. The van der Waals surface area contributed by atoms with Crippen LogP contribution < -0.4 is 16.0 Å². The zero-order valence-corrected chi connectivity index (χ0v) is 13.2. The second kappa shape index (κ2) is 6.62. The van der Waals surface area contributed by atoms with Crippen molar-refractivity contribution < 1.29 is 18.4 Å². The summed E-state index contributed by atoms with van der Waals surface area (Å²) in [6.45, 7) is 2.89. The molecule has 0 spiro atoms. The minimum Gasteiger partial charge on any atom is -0.368 e. The van der Waals surface area contributed by atoms with Crippen molar-refractivity contribution in [3.8, 4) is 0 Å². The van der Waals surface area contributed by atoms with Crippen LogP contribution in [-0.4, -0.2) is 37.9 Å². The number of hydrogen-bond donors (Lipinski definition) is 2. The Hall–Kier alpha value is -2.02. The van der Waals surface area contributed by atoms with E-state index in [0.717, 1.165) is 0 Å². The normalized spacial score (nSPS) is 17.3. The molecule has 0 bridgehead atoms. The Bertz CT molecular complexity index is 588. The molecule has 2 rings (SSSR count). The lowest BCUT2D eigenvalue weighted by atomic mass is 9.90. The predicted octanol–water partition coefficient (Wildman–Crippen LogP) is 1.31. The van der Waals surface area contributed by atoms with Crippen molar-refractivity contribution in [3.05, 3.63) is 29.3 Å². The van der Waals surface area contributed by atoms with Crippen LogP contribution in [0.2, 0.25) is 0 Å². The van der Waals surface area contributed by atoms with Crippen LogP contribution in [0.5, 0.6) is 0 Å². The van der Waals surface area contributed by atoms with E-state index in [0.29, 0.717) is 25.1 Å². The number of halogens is 2. The van der Waals surface area contributed by atoms with Gasteiger partial charge in [-0.1, -0.05) is 0 Å². The van der Waals surface area contributed by atoms with E-state index in [1.807, 2.05) is 6.92 Å². The average molecular weight is 325 g/mol. The molecule has 1 fully saturated rings. The monoisotopic (exact) mass is 325 g/mol. The summed E-state index contributed by atoms with van der Waals surface area (Å²) in [6.07, 6.45) is 0.736. The maximum absolute atomic E-state index is 14.4. The minimum atomic E-state index is -1.03. The molecule has 23 heavy (non-hydrogen) atoms. The SMILES string of the molecule is CNC(=O)C(CCC=O)c1c(F)cc(N2CC(C)(N)C2)cc1F. The van der Waals surface area contributed by atoms with Crippen molar-refractivity contribution >= 4 is 17.9 Å². The molecule has 1 atom stereocenters. The number of nitrogens with one attached hydrogen (secondary N) is 1. The molecular weight excluding hydrogens is 304 g/mol. The van der Waals surface area contributed by atoms with E-state index >= 15 is 0 Å². The molecule has 0 aromatic heterocycles. The maximum Gasteiger partial charge on any atom is 0.227 e. The molecule has 1 aliphatic rings. The highest BCUT2D eigenvalue weighted by molar-refractivity contribution is 5.84. The molecule has 1 aliphatic heterocycles. The fourth-order valence-corrected chi connectivity index (χ4v) is 2.91. The Balaban J connectivity index is 2.31. The van der Waals surface area contributed by atoms with Crippen LogP contribution in [0, 0.1) is 11.6 Å². The molecular formula is C16H21F2N3O2. The van der Waals surface area contributed by atoms with Crippen LogP contribution in [-0.2, 0) is 9.59 Å². The summed E-state index contributed by atoms with van der Waals surface area (Å²) in [5.41, 5.74) is 5.64. The van der Waals surface area contributed by atoms with Crippen molar-refractivity contribution in [1.82, 2.24) is 5.32 Å². The summed E-state index contributed by atoms with van der Waals surface area (Å²) in [6, 6.07) is 2.43. The predicted molar refractivity (Wildman–Crippen MR) is 83.3 cm³/mol. The zero-order chi connectivity index (χ0) is 17.2. The molecule has 126 valence electrons. The van der Waals surface area contributed by atoms with Crippen molar-refractivity contribution in [3.63, 3.8) is 0 Å². The van der Waals surface area contributed by atoms with Crippen molar-refractivity contribution in [1.29, 1.82) is 0 Å². The van der Waals surface area contributed by atoms with Crippen LogP contribution in [0.4, 0.5) is 14.5 Å². The second-order valence-corrected chi connectivity index (χ2v) is 6.24. The molecule has 1 unspecified atom stereocenters. The molecule has 1 heterocycles. The summed E-state index contributed by atoms with van der Waals surface area (Å²) in [5.74, 6) is -3.12. The number of amides is 1. The fraction of sp³-hybridized carbons (Fsp3) is 0.500. The number of carbonyl (C=O) groups excluding carboxylic acids is 2. The third-order valence-corrected chi connectivity index (χ3v) is 4.02. The van der Waals surface area contributed by atoms with Gasteiger partial charge in [0.05, 0.1) is 5.92 Å². The zero-order valence-electron chi connectivity index (χ0n) is 13.2. The van der Waals surface area contributed by atoms with Gasteiger partial charge in [0, 0.05) is 43.3 Å². The summed E-state index contributed by atoms with van der Waals surface area (Å²) in [7, 11) is 1.39. The Kier molecular flexibility index (Phi) is 4.99. The van der Waals surface area contributed by atoms with Gasteiger partial charge in [-0.2, -0.15) is 0 Å². The van der Waals surface area contributed by atoms with Gasteiger partial charge in [-0.3, -0.25) is 4.79 Å². The van der Waals surface area contributed by atoms with Gasteiger partial charge in [-0.15, -0.1) is 0 Å². The molecule has 0 saturated carbocycles. The van der Waals surface area contributed by atoms with Gasteiger partial charge >= 0.3 is 0 Å². The number of aldehydes is 1. The number of anilines is 1. The molecule has 0 aliphatic carbocycles. The van der Waals surface area contributed by atoms with Crippen LogP contribution in [0.25, 0.3) is 0 Å². The van der Waals surface area contributed by atoms with Crippen LogP contribution in [0.3, 0.4) is 0 Å². The number of nitrogens with zero attached hydrogens (tertiary/aromatic N) is 1. The Labute approximate surface area is 133 Å². The molecule has 3 N–H and O–H groups in total. The third-order valence-electron chi connectivity index (χ3n) is 4.02. The lowest BCUT2D eigenvalue weighted by molar-refractivity contribution is -0.122. The van der Waals surface area contributed by atoms with Crippen molar-refractivity contribution in [2.75, 3.05) is 25.0 Å². The fourth-order valence-electron chi connectivity index (χ4n) is 2.91. The Morgan fingerprint density at radius 1 is 1.43 bits per heavy atom. The first-order valence-corrected chi connectivity index (χ1v) is 7.47. The third kappa shape index (κ3) is 3.67. The molecule has 5 nitrogen and oxygen atoms in total. The highest BCUT2D eigenvalue weighted by Crippen LogP contribution is 2.33. The lowest BCUT2D eigenvalue weighted by Gasteiger charge is -2.47. The number of hydrogen-bond acceptors (Lipinski definition) is 4. The largest absolute Gasteiger partial charge is 0.368 e. The number of benzene rings is 1. The molecule has 1 aromatic rings. The van der Waals surface area contributed by atoms with Gasteiger partial charge in [0.25, 0.3) is 0 Å². The van der Waals surface area contributed by atoms with Gasteiger partial charge < -0.3 is 20.7 Å². The van der Waals surface area contributed by atoms with Gasteiger partial charge in [0.1, 0.15) is 17.9 Å². The summed E-state index contributed by atoms with van der Waals surface area (Å²) >= 11 is 0. The highest BCUT2D eigenvalue weighted by Gasteiger charge is 2.36. The van der Waals surface area contributed by atoms with Crippen molar-refractivity contribution in [2.45, 2.75) is 31.2 Å². The number of likely N-dealkylation sites (N-methyl/N-ethyl adjacent to an activating group) is 1. The van der Waals surface area contributed by atoms with Crippen LogP contribution >= 0.6 is 0 Å². The van der Waals surface area contributed by atoms with E-state index in [-0.39, 0.29) is 23.9 Å². The molecule has 0 radical (unpaired) electrons. The Morgan fingerprint density at radius 2 is 2.00 bits per heavy atom. The first-order chi connectivity index (χ1) is 10.8. The number of nitrogens with two attached hydrogens (primary N) is 1. The second-order valence-electron chi connectivity index (χ2n) is 6.24. The van der Waals surface area contributed by atoms with Gasteiger partial charge in [-0.05, 0) is 25.5 Å². The lowest BCUT2D eigenvalue weighted by Crippen LogP contribution is -2.65.